The molecule has 0 saturated carbocycles. The summed E-state index contributed by atoms with van der Waals surface area (Å²) in [6.45, 7) is 4.59. The Kier molecular flexibility index (Phi) is 7.06. The molecule has 1 fully saturated rings. The van der Waals surface area contributed by atoms with Gasteiger partial charge in [0.15, 0.2) is 0 Å². The van der Waals surface area contributed by atoms with Crippen LogP contribution in [0.3, 0.4) is 0 Å². The molecule has 1 saturated heterocycles. The zero-order valence-corrected chi connectivity index (χ0v) is 17.2. The van der Waals surface area contributed by atoms with Gasteiger partial charge in [0.05, 0.1) is 12.5 Å². The molecule has 1 aliphatic rings. The second-order valence-electron chi connectivity index (χ2n) is 7.35. The van der Waals surface area contributed by atoms with Gasteiger partial charge in [-0.15, -0.1) is 0 Å². The quantitative estimate of drug-likeness (QED) is 0.709. The predicted octanol–water partition coefficient (Wildman–Crippen LogP) is 2.55. The summed E-state index contributed by atoms with van der Waals surface area (Å²) >= 11 is 0. The number of nitrogens with zero attached hydrogens (tertiary/aromatic N) is 1. The van der Waals surface area contributed by atoms with Crippen molar-refractivity contribution in [3.63, 3.8) is 0 Å². The Labute approximate surface area is 176 Å². The highest BCUT2D eigenvalue weighted by Gasteiger charge is 2.35. The number of ether oxygens (including phenoxy) is 2. The highest BCUT2D eigenvalue weighted by Crippen LogP contribution is 2.19. The fraction of sp³-hybridized carbons (Fsp3) is 0.348. The average molecular weight is 410 g/mol. The summed E-state index contributed by atoms with van der Waals surface area (Å²) in [7, 11) is 0. The summed E-state index contributed by atoms with van der Waals surface area (Å²) in [6, 6.07) is 15.7. The van der Waals surface area contributed by atoms with Gasteiger partial charge in [-0.2, -0.15) is 0 Å². The summed E-state index contributed by atoms with van der Waals surface area (Å²) in [5.41, 5.74) is 1.48. The largest absolute Gasteiger partial charge is 0.489 e. The molecule has 1 aliphatic heterocycles. The molecule has 30 heavy (non-hydrogen) atoms. The van der Waals surface area contributed by atoms with Crippen LogP contribution >= 0.6 is 0 Å². The smallest absolute Gasteiger partial charge is 0.308 e. The Hall–Kier alpha value is -3.35. The van der Waals surface area contributed by atoms with Crippen LogP contribution in [-0.2, 0) is 20.9 Å². The number of amides is 2. The zero-order valence-electron chi connectivity index (χ0n) is 17.2. The number of nitrogens with one attached hydrogen (secondary N) is 1. The third kappa shape index (κ3) is 5.59. The van der Waals surface area contributed by atoms with Crippen molar-refractivity contribution >= 4 is 17.8 Å². The van der Waals surface area contributed by atoms with E-state index < -0.39 is 12.0 Å². The van der Waals surface area contributed by atoms with Crippen molar-refractivity contribution in [2.45, 2.75) is 39.0 Å². The average Bonchev–Trinajstić information content (AvgIpc) is 2.74. The van der Waals surface area contributed by atoms with Gasteiger partial charge in [-0.25, -0.2) is 0 Å². The molecular weight excluding hydrogens is 384 g/mol. The lowest BCUT2D eigenvalue weighted by atomic mass is 10.1. The lowest BCUT2D eigenvalue weighted by Gasteiger charge is -2.34. The highest BCUT2D eigenvalue weighted by atomic mass is 16.5. The maximum absolute atomic E-state index is 13.0. The van der Waals surface area contributed by atoms with E-state index in [1.807, 2.05) is 30.3 Å². The molecule has 7 heteroatoms. The normalized spacial score (nSPS) is 16.2. The van der Waals surface area contributed by atoms with Gasteiger partial charge < -0.3 is 19.7 Å². The molecule has 1 atom stereocenters. The predicted molar refractivity (Wildman–Crippen MR) is 111 cm³/mol. The number of rotatable bonds is 7. The number of hydrogen-bond acceptors (Lipinski definition) is 5. The van der Waals surface area contributed by atoms with E-state index in [9.17, 15) is 14.4 Å². The van der Waals surface area contributed by atoms with Crippen LogP contribution in [0, 0.1) is 0 Å². The maximum Gasteiger partial charge on any atom is 0.308 e. The van der Waals surface area contributed by atoms with Crippen molar-refractivity contribution in [1.82, 2.24) is 10.2 Å². The van der Waals surface area contributed by atoms with Gasteiger partial charge in [0.25, 0.3) is 5.91 Å². The van der Waals surface area contributed by atoms with Crippen LogP contribution in [0.1, 0.15) is 36.2 Å². The number of carbonyl (C=O) groups is 3. The van der Waals surface area contributed by atoms with Crippen molar-refractivity contribution < 1.29 is 23.9 Å². The summed E-state index contributed by atoms with van der Waals surface area (Å²) < 4.78 is 10.9. The van der Waals surface area contributed by atoms with E-state index in [4.69, 9.17) is 9.47 Å². The van der Waals surface area contributed by atoms with Crippen molar-refractivity contribution in [3.8, 4) is 5.75 Å². The van der Waals surface area contributed by atoms with E-state index >= 15 is 0 Å². The summed E-state index contributed by atoms with van der Waals surface area (Å²) in [5.74, 6) is -0.515. The van der Waals surface area contributed by atoms with Gasteiger partial charge in [-0.3, -0.25) is 14.4 Å². The lowest BCUT2D eigenvalue weighted by Crippen LogP contribution is -2.57. The number of hydrogen-bond donors (Lipinski definition) is 1. The van der Waals surface area contributed by atoms with E-state index in [1.54, 1.807) is 38.1 Å². The van der Waals surface area contributed by atoms with E-state index in [2.05, 4.69) is 5.32 Å². The summed E-state index contributed by atoms with van der Waals surface area (Å²) in [5, 5.41) is 2.71. The fourth-order valence-corrected chi connectivity index (χ4v) is 3.23. The molecule has 0 aliphatic carbocycles. The highest BCUT2D eigenvalue weighted by molar-refractivity contribution is 5.99. The molecule has 2 amide bonds. The van der Waals surface area contributed by atoms with Crippen LogP contribution in [0.2, 0.25) is 0 Å². The molecule has 3 rings (SSSR count). The third-order valence-corrected chi connectivity index (χ3v) is 4.67. The van der Waals surface area contributed by atoms with Gasteiger partial charge in [0, 0.05) is 18.7 Å². The van der Waals surface area contributed by atoms with Crippen LogP contribution < -0.4 is 10.1 Å². The van der Waals surface area contributed by atoms with E-state index in [1.165, 1.54) is 4.90 Å². The Balaban J connectivity index is 1.65. The first-order chi connectivity index (χ1) is 14.4. The Morgan fingerprint density at radius 1 is 1.10 bits per heavy atom. The first-order valence-electron chi connectivity index (χ1n) is 9.99. The summed E-state index contributed by atoms with van der Waals surface area (Å²) in [6.07, 6.45) is -0.453. The molecule has 0 spiro atoms. The van der Waals surface area contributed by atoms with Crippen molar-refractivity contribution in [3.05, 3.63) is 65.7 Å². The Morgan fingerprint density at radius 3 is 2.47 bits per heavy atom. The SMILES string of the molecule is CC(C)OC(=O)CC1C(=O)NCCN1C(=O)c1ccc(OCc2ccccc2)cc1. The molecule has 1 N–H and O–H groups in total. The molecule has 158 valence electrons. The molecular formula is C23H26N2O5. The third-order valence-electron chi connectivity index (χ3n) is 4.67. The fourth-order valence-electron chi connectivity index (χ4n) is 3.23. The van der Waals surface area contributed by atoms with Gasteiger partial charge in [-0.05, 0) is 43.7 Å². The van der Waals surface area contributed by atoms with Gasteiger partial charge in [0.1, 0.15) is 18.4 Å². The monoisotopic (exact) mass is 410 g/mol. The number of benzene rings is 2. The van der Waals surface area contributed by atoms with Gasteiger partial charge >= 0.3 is 5.97 Å². The second kappa shape index (κ2) is 9.91. The first kappa shape index (κ1) is 21.4. The molecule has 0 aromatic heterocycles. The number of esters is 1. The molecule has 2 aromatic carbocycles. The van der Waals surface area contributed by atoms with Crippen LogP contribution in [0.25, 0.3) is 0 Å². The van der Waals surface area contributed by atoms with Crippen LogP contribution in [0.15, 0.2) is 54.6 Å². The number of carbonyl (C=O) groups excluding carboxylic acids is 3. The van der Waals surface area contributed by atoms with Gasteiger partial charge in [0.2, 0.25) is 5.91 Å². The Bertz CT molecular complexity index is 880. The van der Waals surface area contributed by atoms with E-state index in [0.29, 0.717) is 31.0 Å². The summed E-state index contributed by atoms with van der Waals surface area (Å²) in [4.78, 5) is 38.8. The Morgan fingerprint density at radius 2 is 1.80 bits per heavy atom. The van der Waals surface area contributed by atoms with Crippen molar-refractivity contribution in [2.24, 2.45) is 0 Å². The second-order valence-corrected chi connectivity index (χ2v) is 7.35. The van der Waals surface area contributed by atoms with Crippen LogP contribution in [0.4, 0.5) is 0 Å². The molecule has 0 radical (unpaired) electrons. The maximum atomic E-state index is 13.0. The van der Waals surface area contributed by atoms with E-state index in [0.717, 1.165) is 5.56 Å². The van der Waals surface area contributed by atoms with Crippen molar-refractivity contribution in [1.29, 1.82) is 0 Å². The zero-order chi connectivity index (χ0) is 21.5. The van der Waals surface area contributed by atoms with E-state index in [-0.39, 0.29) is 24.3 Å². The van der Waals surface area contributed by atoms with Crippen LogP contribution in [-0.4, -0.2) is 47.9 Å². The topological polar surface area (TPSA) is 84.9 Å². The minimum Gasteiger partial charge on any atom is -0.489 e. The number of piperazine rings is 1. The molecule has 1 unspecified atom stereocenters. The molecule has 2 aromatic rings. The minimum atomic E-state index is -0.883. The lowest BCUT2D eigenvalue weighted by molar-refractivity contribution is -0.151. The molecule has 0 bridgehead atoms. The standard InChI is InChI=1S/C23H26N2O5/c1-16(2)30-21(26)14-20-22(27)24-12-13-25(20)23(28)18-8-10-19(11-9-18)29-15-17-6-4-3-5-7-17/h3-11,16,20H,12-15H2,1-2H3,(H,24,27). The van der Waals surface area contributed by atoms with Crippen LogP contribution in [0.5, 0.6) is 5.75 Å². The minimum absolute atomic E-state index is 0.173. The first-order valence-corrected chi connectivity index (χ1v) is 9.99. The molecule has 7 nitrogen and oxygen atoms in total. The molecule has 1 heterocycles. The van der Waals surface area contributed by atoms with Gasteiger partial charge in [-0.1, -0.05) is 30.3 Å². The van der Waals surface area contributed by atoms with Crippen molar-refractivity contribution in [2.75, 3.05) is 13.1 Å².